The van der Waals surface area contributed by atoms with Crippen LogP contribution in [0.5, 0.6) is 0 Å². The second-order valence-corrected chi connectivity index (χ2v) is 5.96. The van der Waals surface area contributed by atoms with Gasteiger partial charge < -0.3 is 9.42 Å². The molecule has 1 fully saturated rings. The lowest BCUT2D eigenvalue weighted by molar-refractivity contribution is 0.218. The van der Waals surface area contributed by atoms with Gasteiger partial charge in [-0.1, -0.05) is 11.2 Å². The first-order valence-electron chi connectivity index (χ1n) is 7.82. The fourth-order valence-electron chi connectivity index (χ4n) is 2.95. The Morgan fingerprint density at radius 1 is 1.41 bits per heavy atom. The van der Waals surface area contributed by atoms with Crippen LogP contribution in [0.1, 0.15) is 23.8 Å². The van der Waals surface area contributed by atoms with Crippen molar-refractivity contribution in [3.63, 3.8) is 0 Å². The Balaban J connectivity index is 1.45. The van der Waals surface area contributed by atoms with E-state index >= 15 is 0 Å². The molecule has 3 rings (SSSR count). The summed E-state index contributed by atoms with van der Waals surface area (Å²) in [5.74, 6) is 1.40. The quantitative estimate of drug-likeness (QED) is 0.806. The summed E-state index contributed by atoms with van der Waals surface area (Å²) in [6, 6.07) is 6.67. The fourth-order valence-corrected chi connectivity index (χ4v) is 2.95. The van der Waals surface area contributed by atoms with Crippen LogP contribution < -0.4 is 0 Å². The zero-order valence-electron chi connectivity index (χ0n) is 13.3. The highest BCUT2D eigenvalue weighted by Gasteiger charge is 2.26. The molecule has 6 nitrogen and oxygen atoms in total. The van der Waals surface area contributed by atoms with Gasteiger partial charge in [-0.25, -0.2) is 0 Å². The molecule has 0 N–H and O–H groups in total. The van der Waals surface area contributed by atoms with Gasteiger partial charge in [0.1, 0.15) is 0 Å². The van der Waals surface area contributed by atoms with Gasteiger partial charge in [0.25, 0.3) is 0 Å². The third-order valence-corrected chi connectivity index (χ3v) is 4.24. The zero-order chi connectivity index (χ0) is 15.4. The molecule has 22 heavy (non-hydrogen) atoms. The van der Waals surface area contributed by atoms with Crippen LogP contribution >= 0.6 is 0 Å². The van der Waals surface area contributed by atoms with Crippen molar-refractivity contribution < 1.29 is 4.52 Å². The highest BCUT2D eigenvalue weighted by Crippen LogP contribution is 2.16. The van der Waals surface area contributed by atoms with Crippen molar-refractivity contribution >= 4 is 0 Å². The average Bonchev–Trinajstić information content (AvgIpc) is 3.15. The molecule has 6 heteroatoms. The summed E-state index contributed by atoms with van der Waals surface area (Å²) < 4.78 is 5.03. The maximum absolute atomic E-state index is 5.03. The van der Waals surface area contributed by atoms with E-state index in [1.54, 1.807) is 0 Å². The monoisotopic (exact) mass is 301 g/mol. The summed E-state index contributed by atoms with van der Waals surface area (Å²) in [5.41, 5.74) is 1.17. The van der Waals surface area contributed by atoms with Crippen LogP contribution in [0.15, 0.2) is 28.9 Å². The van der Waals surface area contributed by atoms with E-state index in [2.05, 4.69) is 44.1 Å². The molecule has 1 atom stereocenters. The molecule has 1 aliphatic rings. The molecular formula is C16H23N5O. The van der Waals surface area contributed by atoms with E-state index in [1.165, 1.54) is 12.1 Å². The van der Waals surface area contributed by atoms with Crippen molar-refractivity contribution in [3.05, 3.63) is 41.8 Å². The minimum atomic E-state index is 0.558. The molecular weight excluding hydrogens is 278 g/mol. The lowest BCUT2D eigenvalue weighted by atomic mass is 10.2. The second kappa shape index (κ2) is 6.98. The zero-order valence-corrected chi connectivity index (χ0v) is 13.3. The third-order valence-electron chi connectivity index (χ3n) is 4.24. The molecule has 0 aliphatic carbocycles. The first-order chi connectivity index (χ1) is 10.7. The van der Waals surface area contributed by atoms with Gasteiger partial charge in [-0.2, -0.15) is 4.98 Å². The molecule has 0 radical (unpaired) electrons. The molecule has 118 valence electrons. The lowest BCUT2D eigenvalue weighted by Gasteiger charge is -2.23. The van der Waals surface area contributed by atoms with Gasteiger partial charge in [-0.3, -0.25) is 9.88 Å². The van der Waals surface area contributed by atoms with Crippen LogP contribution in [-0.2, 0) is 13.0 Å². The number of rotatable bonds is 6. The SMILES string of the molecule is Cc1nc(CN(C)[C@H]2CCN(CCc3ccccn3)C2)no1. The topological polar surface area (TPSA) is 58.3 Å². The van der Waals surface area contributed by atoms with Gasteiger partial charge in [0.05, 0.1) is 6.54 Å². The van der Waals surface area contributed by atoms with Gasteiger partial charge >= 0.3 is 0 Å². The van der Waals surface area contributed by atoms with Crippen molar-refractivity contribution in [3.8, 4) is 0 Å². The summed E-state index contributed by atoms with van der Waals surface area (Å²) in [6.07, 6.45) is 4.07. The van der Waals surface area contributed by atoms with E-state index in [-0.39, 0.29) is 0 Å². The summed E-state index contributed by atoms with van der Waals surface area (Å²) in [4.78, 5) is 13.5. The first kappa shape index (κ1) is 15.1. The van der Waals surface area contributed by atoms with E-state index in [1.807, 2.05) is 19.2 Å². The number of nitrogens with zero attached hydrogens (tertiary/aromatic N) is 5. The van der Waals surface area contributed by atoms with Crippen molar-refractivity contribution in [2.24, 2.45) is 0 Å². The summed E-state index contributed by atoms with van der Waals surface area (Å²) in [7, 11) is 2.14. The summed E-state index contributed by atoms with van der Waals surface area (Å²) in [6.45, 7) is 5.89. The molecule has 1 saturated heterocycles. The van der Waals surface area contributed by atoms with Crippen molar-refractivity contribution in [1.82, 2.24) is 24.9 Å². The molecule has 0 amide bonds. The van der Waals surface area contributed by atoms with E-state index in [9.17, 15) is 0 Å². The smallest absolute Gasteiger partial charge is 0.223 e. The molecule has 0 spiro atoms. The van der Waals surface area contributed by atoms with Crippen LogP contribution in [-0.4, -0.2) is 57.6 Å². The van der Waals surface area contributed by atoms with E-state index in [4.69, 9.17) is 4.52 Å². The van der Waals surface area contributed by atoms with E-state index < -0.39 is 0 Å². The molecule has 0 aromatic carbocycles. The number of hydrogen-bond acceptors (Lipinski definition) is 6. The number of pyridine rings is 1. The van der Waals surface area contributed by atoms with Gasteiger partial charge in [-0.05, 0) is 32.1 Å². The van der Waals surface area contributed by atoms with E-state index in [0.29, 0.717) is 11.9 Å². The number of hydrogen-bond donors (Lipinski definition) is 0. The number of aryl methyl sites for hydroxylation is 1. The predicted octanol–water partition coefficient (Wildman–Crippen LogP) is 1.52. The van der Waals surface area contributed by atoms with Crippen LogP contribution in [0.4, 0.5) is 0 Å². The predicted molar refractivity (Wildman–Crippen MR) is 83.3 cm³/mol. The molecule has 2 aromatic heterocycles. The maximum atomic E-state index is 5.03. The standard InChI is InChI=1S/C16H23N5O/c1-13-18-16(19-22-13)12-20(2)15-7-10-21(11-15)9-6-14-5-3-4-8-17-14/h3-5,8,15H,6-7,9-12H2,1-2H3/t15-/m0/s1. The maximum Gasteiger partial charge on any atom is 0.223 e. The molecule has 0 bridgehead atoms. The molecule has 0 saturated carbocycles. The third kappa shape index (κ3) is 3.90. The summed E-state index contributed by atoms with van der Waals surface area (Å²) >= 11 is 0. The molecule has 0 unspecified atom stereocenters. The first-order valence-corrected chi connectivity index (χ1v) is 7.82. The summed E-state index contributed by atoms with van der Waals surface area (Å²) in [5, 5.41) is 3.97. The number of likely N-dealkylation sites (N-methyl/N-ethyl adjacent to an activating group) is 1. The highest BCUT2D eigenvalue weighted by molar-refractivity contribution is 5.04. The van der Waals surface area contributed by atoms with Gasteiger partial charge in [-0.15, -0.1) is 0 Å². The van der Waals surface area contributed by atoms with Gasteiger partial charge in [0.15, 0.2) is 5.82 Å². The van der Waals surface area contributed by atoms with Crippen molar-refractivity contribution in [2.75, 3.05) is 26.7 Å². The minimum Gasteiger partial charge on any atom is -0.340 e. The Labute approximate surface area is 131 Å². The van der Waals surface area contributed by atoms with Crippen LogP contribution in [0.2, 0.25) is 0 Å². The van der Waals surface area contributed by atoms with Gasteiger partial charge in [0, 0.05) is 44.4 Å². The lowest BCUT2D eigenvalue weighted by Crippen LogP contribution is -2.35. The van der Waals surface area contributed by atoms with Crippen molar-refractivity contribution in [2.45, 2.75) is 32.4 Å². The average molecular weight is 301 g/mol. The molecule has 1 aliphatic heterocycles. The Morgan fingerprint density at radius 3 is 3.05 bits per heavy atom. The Kier molecular flexibility index (Phi) is 4.80. The number of aromatic nitrogens is 3. The Hall–Kier alpha value is -1.79. The highest BCUT2D eigenvalue weighted by atomic mass is 16.5. The van der Waals surface area contributed by atoms with Crippen molar-refractivity contribution in [1.29, 1.82) is 0 Å². The Bertz CT molecular complexity index is 585. The van der Waals surface area contributed by atoms with Crippen LogP contribution in [0.25, 0.3) is 0 Å². The molecule has 3 heterocycles. The second-order valence-electron chi connectivity index (χ2n) is 5.96. The fraction of sp³-hybridized carbons (Fsp3) is 0.562. The normalized spacial score (nSPS) is 19.1. The Morgan fingerprint density at radius 2 is 2.32 bits per heavy atom. The van der Waals surface area contributed by atoms with Gasteiger partial charge in [0.2, 0.25) is 5.89 Å². The largest absolute Gasteiger partial charge is 0.340 e. The minimum absolute atomic E-state index is 0.558. The van der Waals surface area contributed by atoms with Crippen LogP contribution in [0.3, 0.4) is 0 Å². The molecule has 2 aromatic rings. The number of likely N-dealkylation sites (tertiary alicyclic amines) is 1. The van der Waals surface area contributed by atoms with Crippen LogP contribution in [0, 0.1) is 6.92 Å². The van der Waals surface area contributed by atoms with E-state index in [0.717, 1.165) is 38.4 Å².